The lowest BCUT2D eigenvalue weighted by atomic mass is 9.88. The van der Waals surface area contributed by atoms with Gasteiger partial charge in [-0.15, -0.1) is 0 Å². The monoisotopic (exact) mass is 280 g/mol. The second kappa shape index (κ2) is 6.22. The molecule has 0 aliphatic carbocycles. The Morgan fingerprint density at radius 2 is 2.15 bits per heavy atom. The Morgan fingerprint density at radius 1 is 1.45 bits per heavy atom. The number of anilines is 1. The van der Waals surface area contributed by atoms with Gasteiger partial charge in [0.25, 0.3) is 0 Å². The molecule has 1 aromatic carbocycles. The number of likely N-dealkylation sites (tertiary alicyclic amines) is 1. The van der Waals surface area contributed by atoms with Gasteiger partial charge < -0.3 is 15.0 Å². The molecule has 1 N–H and O–H groups in total. The maximum atomic E-state index is 13.0. The number of hydrogen-bond acceptors (Lipinski definition) is 4. The van der Waals surface area contributed by atoms with Crippen LogP contribution in [0.3, 0.4) is 0 Å². The van der Waals surface area contributed by atoms with Gasteiger partial charge >= 0.3 is 5.97 Å². The Kier molecular flexibility index (Phi) is 4.60. The first-order chi connectivity index (χ1) is 9.55. The molecule has 2 rings (SSSR count). The van der Waals surface area contributed by atoms with Crippen molar-refractivity contribution < 1.29 is 13.9 Å². The highest BCUT2D eigenvalue weighted by molar-refractivity contribution is 5.85. The molecular weight excluding hydrogens is 259 g/mol. The number of esters is 1. The smallest absolute Gasteiger partial charge is 0.333 e. The summed E-state index contributed by atoms with van der Waals surface area (Å²) in [5.74, 6) is -0.530. The number of ether oxygens (including phenoxy) is 1. The number of rotatable bonds is 4. The average molecular weight is 280 g/mol. The maximum Gasteiger partial charge on any atom is 0.333 e. The third-order valence-electron chi connectivity index (χ3n) is 3.58. The van der Waals surface area contributed by atoms with Crippen LogP contribution in [-0.4, -0.2) is 43.2 Å². The Labute approximate surface area is 118 Å². The van der Waals surface area contributed by atoms with Crippen molar-refractivity contribution in [1.82, 2.24) is 4.90 Å². The second-order valence-electron chi connectivity index (χ2n) is 5.28. The first-order valence-corrected chi connectivity index (χ1v) is 6.95. The van der Waals surface area contributed by atoms with Crippen LogP contribution < -0.4 is 5.32 Å². The molecule has 0 amide bonds. The lowest BCUT2D eigenvalue weighted by Gasteiger charge is -2.40. The van der Waals surface area contributed by atoms with Crippen LogP contribution in [0.2, 0.25) is 0 Å². The van der Waals surface area contributed by atoms with E-state index >= 15 is 0 Å². The number of likely N-dealkylation sites (N-methyl/N-ethyl adjacent to an activating group) is 1. The Bertz CT molecular complexity index is 463. The highest BCUT2D eigenvalue weighted by Gasteiger charge is 2.42. The number of piperidine rings is 1. The van der Waals surface area contributed by atoms with Crippen LogP contribution in [-0.2, 0) is 9.53 Å². The number of halogens is 1. The zero-order valence-corrected chi connectivity index (χ0v) is 12.0. The van der Waals surface area contributed by atoms with E-state index in [1.807, 2.05) is 7.05 Å². The summed E-state index contributed by atoms with van der Waals surface area (Å²) in [7, 11) is 1.99. The van der Waals surface area contributed by atoms with Gasteiger partial charge in [0.2, 0.25) is 0 Å². The van der Waals surface area contributed by atoms with Crippen molar-refractivity contribution in [3.63, 3.8) is 0 Å². The van der Waals surface area contributed by atoms with Crippen LogP contribution in [0.5, 0.6) is 0 Å². The molecule has 1 saturated heterocycles. The SMILES string of the molecule is CCOC(=O)C1(Nc2ccc(F)cc2)CCCN(C)C1. The van der Waals surface area contributed by atoms with Gasteiger partial charge in [-0.2, -0.15) is 0 Å². The lowest BCUT2D eigenvalue weighted by molar-refractivity contribution is -0.150. The predicted octanol–water partition coefficient (Wildman–Crippen LogP) is 2.27. The molecular formula is C15H21FN2O2. The summed E-state index contributed by atoms with van der Waals surface area (Å²) in [4.78, 5) is 14.5. The molecule has 0 spiro atoms. The van der Waals surface area contributed by atoms with Gasteiger partial charge in [-0.25, -0.2) is 9.18 Å². The third kappa shape index (κ3) is 3.28. The normalized spacial score (nSPS) is 23.4. The first-order valence-electron chi connectivity index (χ1n) is 6.95. The Hall–Kier alpha value is -1.62. The number of carbonyl (C=O) groups excluding carboxylic acids is 1. The highest BCUT2D eigenvalue weighted by atomic mass is 19.1. The number of hydrogen-bond donors (Lipinski definition) is 1. The van der Waals surface area contributed by atoms with Crippen LogP contribution in [0.4, 0.5) is 10.1 Å². The molecule has 5 heteroatoms. The van der Waals surface area contributed by atoms with Gasteiger partial charge in [-0.3, -0.25) is 0 Å². The summed E-state index contributed by atoms with van der Waals surface area (Å²) in [6, 6.07) is 6.05. The Morgan fingerprint density at radius 3 is 2.75 bits per heavy atom. The first kappa shape index (κ1) is 14.8. The topological polar surface area (TPSA) is 41.6 Å². The molecule has 1 fully saturated rings. The molecule has 0 bridgehead atoms. The van der Waals surface area contributed by atoms with Crippen LogP contribution in [0.15, 0.2) is 24.3 Å². The van der Waals surface area contributed by atoms with Gasteiger partial charge in [-0.05, 0) is 57.6 Å². The number of nitrogens with one attached hydrogen (secondary N) is 1. The number of carbonyl (C=O) groups is 1. The Balaban J connectivity index is 2.21. The summed E-state index contributed by atoms with van der Waals surface area (Å²) in [6.07, 6.45) is 1.64. The van der Waals surface area contributed by atoms with Crippen LogP contribution in [0.25, 0.3) is 0 Å². The molecule has 1 unspecified atom stereocenters. The van der Waals surface area contributed by atoms with Crippen LogP contribution >= 0.6 is 0 Å². The highest BCUT2D eigenvalue weighted by Crippen LogP contribution is 2.27. The summed E-state index contributed by atoms with van der Waals surface area (Å²) in [5.41, 5.74) is -0.0179. The molecule has 4 nitrogen and oxygen atoms in total. The minimum atomic E-state index is -0.749. The van der Waals surface area contributed by atoms with Gasteiger partial charge in [0.15, 0.2) is 0 Å². The minimum Gasteiger partial charge on any atom is -0.464 e. The molecule has 110 valence electrons. The average Bonchev–Trinajstić information content (AvgIpc) is 2.42. The van der Waals surface area contributed by atoms with Crippen molar-refractivity contribution in [3.05, 3.63) is 30.1 Å². The van der Waals surface area contributed by atoms with Crippen molar-refractivity contribution >= 4 is 11.7 Å². The van der Waals surface area contributed by atoms with Gasteiger partial charge in [0.05, 0.1) is 6.61 Å². The van der Waals surface area contributed by atoms with Crippen molar-refractivity contribution in [1.29, 1.82) is 0 Å². The fourth-order valence-corrected chi connectivity index (χ4v) is 2.67. The van der Waals surface area contributed by atoms with Crippen molar-refractivity contribution in [2.24, 2.45) is 0 Å². The zero-order valence-electron chi connectivity index (χ0n) is 12.0. The molecule has 1 atom stereocenters. The van der Waals surface area contributed by atoms with Gasteiger partial charge in [-0.1, -0.05) is 0 Å². The van der Waals surface area contributed by atoms with Crippen LogP contribution in [0, 0.1) is 5.82 Å². The van der Waals surface area contributed by atoms with Crippen LogP contribution in [0.1, 0.15) is 19.8 Å². The quantitative estimate of drug-likeness (QED) is 0.859. The molecule has 1 aliphatic heterocycles. The van der Waals surface area contributed by atoms with Crippen molar-refractivity contribution in [2.45, 2.75) is 25.3 Å². The fraction of sp³-hybridized carbons (Fsp3) is 0.533. The fourth-order valence-electron chi connectivity index (χ4n) is 2.67. The van der Waals surface area contributed by atoms with Crippen molar-refractivity contribution in [3.8, 4) is 0 Å². The summed E-state index contributed by atoms with van der Waals surface area (Å²) in [5, 5.41) is 3.25. The maximum absolute atomic E-state index is 13.0. The summed E-state index contributed by atoms with van der Waals surface area (Å²) >= 11 is 0. The predicted molar refractivity (Wildman–Crippen MR) is 76.1 cm³/mol. The van der Waals surface area contributed by atoms with Crippen molar-refractivity contribution in [2.75, 3.05) is 32.1 Å². The number of benzene rings is 1. The summed E-state index contributed by atoms with van der Waals surface area (Å²) in [6.45, 7) is 3.71. The molecule has 20 heavy (non-hydrogen) atoms. The van der Waals surface area contributed by atoms with E-state index in [4.69, 9.17) is 4.74 Å². The molecule has 0 saturated carbocycles. The number of nitrogens with zero attached hydrogens (tertiary/aromatic N) is 1. The molecule has 1 aromatic rings. The van der Waals surface area contributed by atoms with Gasteiger partial charge in [0.1, 0.15) is 11.4 Å². The molecule has 0 aromatic heterocycles. The standard InChI is InChI=1S/C15H21FN2O2/c1-3-20-14(19)15(9-4-10-18(2)11-15)17-13-7-5-12(16)6-8-13/h5-8,17H,3-4,9-11H2,1-2H3. The second-order valence-corrected chi connectivity index (χ2v) is 5.28. The van der Waals surface area contributed by atoms with Gasteiger partial charge in [0, 0.05) is 12.2 Å². The minimum absolute atomic E-state index is 0.240. The third-order valence-corrected chi connectivity index (χ3v) is 3.58. The largest absolute Gasteiger partial charge is 0.464 e. The van der Waals surface area contributed by atoms with E-state index in [1.165, 1.54) is 12.1 Å². The molecule has 0 radical (unpaired) electrons. The van der Waals surface area contributed by atoms with E-state index in [0.717, 1.165) is 18.7 Å². The zero-order chi connectivity index (χ0) is 14.6. The lowest BCUT2D eigenvalue weighted by Crippen LogP contribution is -2.57. The van der Waals surface area contributed by atoms with E-state index in [1.54, 1.807) is 19.1 Å². The summed E-state index contributed by atoms with van der Waals surface area (Å²) < 4.78 is 18.2. The van der Waals surface area contributed by atoms with E-state index in [0.29, 0.717) is 19.6 Å². The molecule has 1 aliphatic rings. The van der Waals surface area contributed by atoms with E-state index < -0.39 is 5.54 Å². The van der Waals surface area contributed by atoms with E-state index in [-0.39, 0.29) is 11.8 Å². The van der Waals surface area contributed by atoms with E-state index in [2.05, 4.69) is 10.2 Å². The van der Waals surface area contributed by atoms with E-state index in [9.17, 15) is 9.18 Å². The molecule has 1 heterocycles.